The Kier molecular flexibility index (Phi) is 3.07. The van der Waals surface area contributed by atoms with Crippen LogP contribution < -0.4 is 25.4 Å². The summed E-state index contributed by atoms with van der Waals surface area (Å²) in [5, 5.41) is 2.96. The van der Waals surface area contributed by atoms with E-state index in [-0.39, 0.29) is 0 Å². The molecule has 3 aliphatic rings. The van der Waals surface area contributed by atoms with Crippen LogP contribution in [-0.4, -0.2) is 6.57 Å². The van der Waals surface area contributed by atoms with Crippen molar-refractivity contribution in [2.75, 3.05) is 4.81 Å². The number of hydrogen-bond acceptors (Lipinski definition) is 1. The van der Waals surface area contributed by atoms with Crippen molar-refractivity contribution in [3.8, 4) is 11.3 Å². The second-order valence-electron chi connectivity index (χ2n) is 8.20. The van der Waals surface area contributed by atoms with E-state index in [0.29, 0.717) is 6.57 Å². The van der Waals surface area contributed by atoms with E-state index >= 15 is 0 Å². The van der Waals surface area contributed by atoms with E-state index in [1.54, 1.807) is 0 Å². The molecule has 0 saturated carbocycles. The Hall–Kier alpha value is -2.90. The van der Waals surface area contributed by atoms with Gasteiger partial charge in [0.05, 0.1) is 5.56 Å². The van der Waals surface area contributed by atoms with Crippen molar-refractivity contribution in [2.24, 2.45) is 0 Å². The topological polar surface area (TPSA) is 7.12 Å². The number of aryl methyl sites for hydroxylation is 1. The molecule has 1 aromatic heterocycles. The van der Waals surface area contributed by atoms with Crippen molar-refractivity contribution >= 4 is 41.8 Å². The van der Waals surface area contributed by atoms with Crippen LogP contribution in [0.1, 0.15) is 11.1 Å². The highest BCUT2D eigenvalue weighted by Crippen LogP contribution is 2.55. The molecule has 4 heterocycles. The highest BCUT2D eigenvalue weighted by molar-refractivity contribution is 8.04. The van der Waals surface area contributed by atoms with Crippen LogP contribution in [0, 0.1) is 6.92 Å². The molecule has 1 atom stereocenters. The molecule has 29 heavy (non-hydrogen) atoms. The molecule has 0 saturated heterocycles. The number of benzene rings is 3. The van der Waals surface area contributed by atoms with Gasteiger partial charge in [0.15, 0.2) is 12.7 Å². The van der Waals surface area contributed by atoms with Crippen LogP contribution in [0.5, 0.6) is 0 Å². The zero-order valence-corrected chi connectivity index (χ0v) is 17.1. The summed E-state index contributed by atoms with van der Waals surface area (Å²) >= 11 is 0. The van der Waals surface area contributed by atoms with Crippen molar-refractivity contribution in [2.45, 2.75) is 13.5 Å². The third-order valence-electron chi connectivity index (χ3n) is 6.48. The number of fused-ring (bicyclic) bond motifs is 5. The Labute approximate surface area is 172 Å². The lowest BCUT2D eigenvalue weighted by atomic mass is 9.69. The van der Waals surface area contributed by atoms with Gasteiger partial charge in [-0.1, -0.05) is 60.2 Å². The molecular weight excluding hydrogens is 370 g/mol. The Bertz CT molecular complexity index is 1320. The molecule has 0 radical (unpaired) electrons. The Morgan fingerprint density at radius 1 is 0.897 bits per heavy atom. The van der Waals surface area contributed by atoms with Gasteiger partial charge in [0.2, 0.25) is 5.69 Å². The average molecular weight is 389 g/mol. The molecule has 7 rings (SSSR count). The fourth-order valence-corrected chi connectivity index (χ4v) is 8.44. The number of pyridine rings is 1. The highest BCUT2D eigenvalue weighted by Gasteiger charge is 2.52. The minimum Gasteiger partial charge on any atom is -0.371 e. The zero-order chi connectivity index (χ0) is 19.1. The summed E-state index contributed by atoms with van der Waals surface area (Å²) in [7, 11) is -0.510. The summed E-state index contributed by atoms with van der Waals surface area (Å²) in [6.07, 6.45) is 2.24. The van der Waals surface area contributed by atoms with Gasteiger partial charge in [-0.3, -0.25) is 0 Å². The first kappa shape index (κ1) is 16.0. The predicted octanol–water partition coefficient (Wildman–Crippen LogP) is 3.60. The van der Waals surface area contributed by atoms with E-state index < -0.39 is 7.80 Å². The van der Waals surface area contributed by atoms with Crippen LogP contribution in [0.2, 0.25) is 0 Å². The zero-order valence-electron chi connectivity index (χ0n) is 16.2. The second-order valence-corrected chi connectivity index (χ2v) is 10.4. The third kappa shape index (κ3) is 1.99. The molecule has 3 aromatic carbocycles. The van der Waals surface area contributed by atoms with Crippen LogP contribution in [0.3, 0.4) is 0 Å². The molecular formula is C25H19BN2P+. The number of hydrogen-bond donors (Lipinski definition) is 0. The summed E-state index contributed by atoms with van der Waals surface area (Å²) in [5.74, 6) is 0. The molecule has 2 nitrogen and oxygen atoms in total. The van der Waals surface area contributed by atoms with Crippen LogP contribution >= 0.6 is 7.80 Å². The van der Waals surface area contributed by atoms with E-state index in [0.717, 1.165) is 6.54 Å². The van der Waals surface area contributed by atoms with Crippen LogP contribution in [0.15, 0.2) is 85.1 Å². The predicted molar refractivity (Wildman–Crippen MR) is 123 cm³/mol. The van der Waals surface area contributed by atoms with E-state index in [9.17, 15) is 0 Å². The summed E-state index contributed by atoms with van der Waals surface area (Å²) in [4.78, 5) is 2.64. The van der Waals surface area contributed by atoms with E-state index in [2.05, 4.69) is 101 Å². The molecule has 0 aliphatic carbocycles. The van der Waals surface area contributed by atoms with Gasteiger partial charge in [-0.15, -0.1) is 0 Å². The first-order valence-electron chi connectivity index (χ1n) is 10.2. The van der Waals surface area contributed by atoms with Crippen molar-refractivity contribution in [1.29, 1.82) is 0 Å². The van der Waals surface area contributed by atoms with Crippen molar-refractivity contribution in [3.63, 3.8) is 0 Å². The van der Waals surface area contributed by atoms with Gasteiger partial charge in [-0.2, -0.15) is 4.57 Å². The van der Waals surface area contributed by atoms with Gasteiger partial charge in [-0.25, -0.2) is 0 Å². The SMILES string of the molecule is Cc1cc2c3c(c1)B1N(c4ccccc4P1c1ccccc1)c1ccc[n+](c1-3)C2. The third-order valence-corrected chi connectivity index (χ3v) is 9.23. The molecule has 0 bridgehead atoms. The van der Waals surface area contributed by atoms with Gasteiger partial charge >= 0.3 is 6.57 Å². The lowest BCUT2D eigenvalue weighted by Crippen LogP contribution is -2.48. The number of para-hydroxylation sites is 1. The minimum absolute atomic E-state index is 0.361. The van der Waals surface area contributed by atoms with E-state index in [1.807, 2.05) is 0 Å². The quantitative estimate of drug-likeness (QED) is 0.241. The number of nitrogens with zero attached hydrogens (tertiary/aromatic N) is 2. The molecule has 4 aromatic rings. The summed E-state index contributed by atoms with van der Waals surface area (Å²) < 4.78 is 2.44. The molecule has 0 spiro atoms. The van der Waals surface area contributed by atoms with Crippen molar-refractivity contribution < 1.29 is 4.57 Å². The largest absolute Gasteiger partial charge is 0.371 e. The maximum absolute atomic E-state index is 2.64. The second kappa shape index (κ2) is 5.59. The van der Waals surface area contributed by atoms with Gasteiger partial charge < -0.3 is 4.81 Å². The maximum atomic E-state index is 2.64. The molecule has 0 N–H and O–H groups in total. The fraction of sp³-hybridized carbons (Fsp3) is 0.0800. The summed E-state index contributed by atoms with van der Waals surface area (Å²) in [6.45, 7) is 3.59. The van der Waals surface area contributed by atoms with Crippen LogP contribution in [0.4, 0.5) is 11.4 Å². The highest BCUT2D eigenvalue weighted by atomic mass is 31.1. The lowest BCUT2D eigenvalue weighted by Gasteiger charge is -2.33. The smallest absolute Gasteiger partial charge is 0.333 e. The van der Waals surface area contributed by atoms with Gasteiger partial charge in [0.25, 0.3) is 0 Å². The van der Waals surface area contributed by atoms with Gasteiger partial charge in [0, 0.05) is 17.3 Å². The monoisotopic (exact) mass is 389 g/mol. The Balaban J connectivity index is 1.61. The van der Waals surface area contributed by atoms with Crippen LogP contribution in [0.25, 0.3) is 11.3 Å². The lowest BCUT2D eigenvalue weighted by molar-refractivity contribution is -0.671. The first-order chi connectivity index (χ1) is 14.3. The molecule has 0 amide bonds. The van der Waals surface area contributed by atoms with E-state index in [1.165, 1.54) is 49.8 Å². The maximum Gasteiger partial charge on any atom is 0.333 e. The summed E-state index contributed by atoms with van der Waals surface area (Å²) in [5.41, 5.74) is 9.98. The molecule has 3 aliphatic heterocycles. The molecule has 136 valence electrons. The average Bonchev–Trinajstić information content (AvgIpc) is 3.29. The normalized spacial score (nSPS) is 17.2. The summed E-state index contributed by atoms with van der Waals surface area (Å²) in [6, 6.07) is 29.6. The number of anilines is 2. The van der Waals surface area contributed by atoms with E-state index in [4.69, 9.17) is 0 Å². The van der Waals surface area contributed by atoms with Crippen molar-refractivity contribution in [3.05, 3.63) is 96.2 Å². The Morgan fingerprint density at radius 3 is 2.59 bits per heavy atom. The van der Waals surface area contributed by atoms with Crippen LogP contribution in [-0.2, 0) is 6.54 Å². The fourth-order valence-electron chi connectivity index (χ4n) is 5.49. The Morgan fingerprint density at radius 2 is 1.69 bits per heavy atom. The van der Waals surface area contributed by atoms with Gasteiger partial charge in [0.1, 0.15) is 5.69 Å². The number of aromatic nitrogens is 1. The molecule has 4 heteroatoms. The number of rotatable bonds is 1. The van der Waals surface area contributed by atoms with Crippen molar-refractivity contribution in [1.82, 2.24) is 0 Å². The first-order valence-corrected chi connectivity index (χ1v) is 11.6. The standard InChI is InChI=1S/C25H19BN2P/c1-17-14-18-16-27-13-7-11-22-25(27)24(18)20(15-17)26-28(22)21-10-5-6-12-23(21)29(26)19-8-3-2-4-9-19/h2-15H,16H2,1H3/q+1. The minimum atomic E-state index is -0.510. The molecule has 0 fully saturated rings. The van der Waals surface area contributed by atoms with Gasteiger partial charge in [-0.05, 0) is 49.0 Å². The molecule has 1 unspecified atom stereocenters.